The van der Waals surface area contributed by atoms with Gasteiger partial charge in [0.05, 0.1) is 18.9 Å². The number of nitrogens with zero attached hydrogens (tertiary/aromatic N) is 2. The van der Waals surface area contributed by atoms with Gasteiger partial charge in [0.1, 0.15) is 28.8 Å². The van der Waals surface area contributed by atoms with Crippen molar-refractivity contribution in [1.82, 2.24) is 0 Å². The highest BCUT2D eigenvalue weighted by Gasteiger charge is 2.32. The van der Waals surface area contributed by atoms with Crippen molar-refractivity contribution < 1.29 is 18.7 Å². The molecule has 0 N–H and O–H groups in total. The number of amides is 1. The molecule has 0 atom stereocenters. The van der Waals surface area contributed by atoms with Crippen LogP contribution < -0.4 is 14.4 Å². The third kappa shape index (κ3) is 4.54. The van der Waals surface area contributed by atoms with E-state index in [1.54, 1.807) is 18.2 Å². The Morgan fingerprint density at radius 1 is 0.844 bits per heavy atom. The van der Waals surface area contributed by atoms with Crippen LogP contribution in [0.2, 0.25) is 0 Å². The summed E-state index contributed by atoms with van der Waals surface area (Å²) in [4.78, 5) is 19.5. The summed E-state index contributed by atoms with van der Waals surface area (Å²) in [6.45, 7) is 4.98. The zero-order valence-electron chi connectivity index (χ0n) is 17.9. The molecule has 3 aromatic rings. The Morgan fingerprint density at radius 3 is 1.97 bits per heavy atom. The van der Waals surface area contributed by atoms with Gasteiger partial charge >= 0.3 is 0 Å². The van der Waals surface area contributed by atoms with Gasteiger partial charge in [-0.25, -0.2) is 9.38 Å². The summed E-state index contributed by atoms with van der Waals surface area (Å²) in [6.07, 6.45) is 1.73. The highest BCUT2D eigenvalue weighted by Crippen LogP contribution is 2.29. The van der Waals surface area contributed by atoms with Gasteiger partial charge in [0.25, 0.3) is 5.91 Å². The van der Waals surface area contributed by atoms with E-state index in [1.807, 2.05) is 62.4 Å². The van der Waals surface area contributed by atoms with E-state index in [1.165, 1.54) is 17.0 Å². The predicted octanol–water partition coefficient (Wildman–Crippen LogP) is 5.46. The molecule has 0 aromatic heterocycles. The van der Waals surface area contributed by atoms with Crippen LogP contribution in [0.4, 0.5) is 10.1 Å². The minimum atomic E-state index is -0.351. The van der Waals surface area contributed by atoms with Gasteiger partial charge in [-0.15, -0.1) is 0 Å². The zero-order valence-corrected chi connectivity index (χ0v) is 17.9. The normalized spacial score (nSPS) is 14.6. The zero-order chi connectivity index (χ0) is 22.5. The fourth-order valence-corrected chi connectivity index (χ4v) is 3.39. The van der Waals surface area contributed by atoms with Crippen molar-refractivity contribution in [2.45, 2.75) is 13.8 Å². The van der Waals surface area contributed by atoms with Crippen LogP contribution in [0.5, 0.6) is 11.5 Å². The van der Waals surface area contributed by atoms with Crippen molar-refractivity contribution in [2.75, 3.05) is 18.1 Å². The lowest BCUT2D eigenvalue weighted by Gasteiger charge is -2.19. The number of anilines is 1. The van der Waals surface area contributed by atoms with Gasteiger partial charge in [-0.3, -0.25) is 9.69 Å². The van der Waals surface area contributed by atoms with Crippen LogP contribution in [0, 0.1) is 5.82 Å². The number of hydrogen-bond acceptors (Lipinski definition) is 4. The molecule has 0 bridgehead atoms. The van der Waals surface area contributed by atoms with E-state index >= 15 is 0 Å². The van der Waals surface area contributed by atoms with E-state index in [0.29, 0.717) is 41.7 Å². The van der Waals surface area contributed by atoms with Crippen molar-refractivity contribution >= 4 is 23.5 Å². The van der Waals surface area contributed by atoms with Crippen molar-refractivity contribution in [3.8, 4) is 11.5 Å². The molecule has 0 saturated heterocycles. The van der Waals surface area contributed by atoms with Gasteiger partial charge in [0, 0.05) is 5.56 Å². The molecular weight excluding hydrogens is 407 g/mol. The van der Waals surface area contributed by atoms with Crippen molar-refractivity contribution in [2.24, 2.45) is 4.99 Å². The molecule has 1 aliphatic rings. The van der Waals surface area contributed by atoms with Gasteiger partial charge < -0.3 is 9.47 Å². The number of carbonyl (C=O) groups is 1. The summed E-state index contributed by atoms with van der Waals surface area (Å²) < 4.78 is 24.5. The first-order valence-electron chi connectivity index (χ1n) is 10.5. The van der Waals surface area contributed by atoms with Crippen LogP contribution in [0.1, 0.15) is 25.0 Å². The molecule has 1 amide bonds. The summed E-state index contributed by atoms with van der Waals surface area (Å²) in [5.74, 6) is 1.31. The van der Waals surface area contributed by atoms with Crippen molar-refractivity contribution in [3.05, 3.63) is 95.4 Å². The summed E-state index contributed by atoms with van der Waals surface area (Å²) >= 11 is 0. The first-order chi connectivity index (χ1) is 15.6. The van der Waals surface area contributed by atoms with E-state index < -0.39 is 0 Å². The lowest BCUT2D eigenvalue weighted by Crippen LogP contribution is -2.32. The molecule has 3 aromatic carbocycles. The average Bonchev–Trinajstić information content (AvgIpc) is 3.12. The monoisotopic (exact) mass is 430 g/mol. The van der Waals surface area contributed by atoms with E-state index in [0.717, 1.165) is 11.3 Å². The Balaban J connectivity index is 1.72. The van der Waals surface area contributed by atoms with Crippen LogP contribution in [-0.4, -0.2) is 25.0 Å². The molecule has 32 heavy (non-hydrogen) atoms. The fourth-order valence-electron chi connectivity index (χ4n) is 3.39. The number of aliphatic imine (C=N–C) groups is 1. The topological polar surface area (TPSA) is 51.1 Å². The van der Waals surface area contributed by atoms with Crippen LogP contribution >= 0.6 is 0 Å². The summed E-state index contributed by atoms with van der Waals surface area (Å²) in [5.41, 5.74) is 2.41. The van der Waals surface area contributed by atoms with Gasteiger partial charge in [-0.1, -0.05) is 12.1 Å². The lowest BCUT2D eigenvalue weighted by atomic mass is 10.1. The van der Waals surface area contributed by atoms with E-state index in [2.05, 4.69) is 4.99 Å². The molecular formula is C26H23FN2O3. The number of benzene rings is 3. The van der Waals surface area contributed by atoms with Crippen LogP contribution in [-0.2, 0) is 4.79 Å². The second-order valence-electron chi connectivity index (χ2n) is 7.04. The molecule has 0 saturated carbocycles. The van der Waals surface area contributed by atoms with Gasteiger partial charge in [-0.2, -0.15) is 0 Å². The number of hydrogen-bond donors (Lipinski definition) is 0. The highest BCUT2D eigenvalue weighted by molar-refractivity contribution is 6.33. The minimum absolute atomic E-state index is 0.262. The molecule has 1 aliphatic heterocycles. The molecule has 5 nitrogen and oxygen atoms in total. The smallest absolute Gasteiger partial charge is 0.282 e. The van der Waals surface area contributed by atoms with E-state index in [4.69, 9.17) is 9.47 Å². The molecule has 6 heteroatoms. The fraction of sp³-hybridized carbons (Fsp3) is 0.154. The number of halogens is 1. The first-order valence-corrected chi connectivity index (χ1v) is 10.5. The Kier molecular flexibility index (Phi) is 6.31. The number of amidine groups is 1. The lowest BCUT2D eigenvalue weighted by molar-refractivity contribution is -0.113. The Morgan fingerprint density at radius 2 is 1.41 bits per heavy atom. The summed E-state index contributed by atoms with van der Waals surface area (Å²) in [5, 5.41) is 0. The number of carbonyl (C=O) groups excluding carboxylic acids is 1. The van der Waals surface area contributed by atoms with Gasteiger partial charge in [0.2, 0.25) is 0 Å². The summed E-state index contributed by atoms with van der Waals surface area (Å²) in [6, 6.07) is 20.6. The maximum Gasteiger partial charge on any atom is 0.282 e. The third-order valence-electron chi connectivity index (χ3n) is 4.86. The Hall–Kier alpha value is -3.93. The van der Waals surface area contributed by atoms with Crippen molar-refractivity contribution in [1.29, 1.82) is 0 Å². The third-order valence-corrected chi connectivity index (χ3v) is 4.86. The maximum absolute atomic E-state index is 13.5. The molecule has 1 heterocycles. The van der Waals surface area contributed by atoms with Gasteiger partial charge in [0.15, 0.2) is 0 Å². The maximum atomic E-state index is 13.5. The van der Waals surface area contributed by atoms with Crippen LogP contribution in [0.25, 0.3) is 6.08 Å². The molecule has 0 fully saturated rings. The Bertz CT molecular complexity index is 1150. The molecule has 4 rings (SSSR count). The molecule has 162 valence electrons. The molecule has 0 spiro atoms. The summed E-state index contributed by atoms with van der Waals surface area (Å²) in [7, 11) is 0. The second-order valence-corrected chi connectivity index (χ2v) is 7.04. The largest absolute Gasteiger partial charge is 0.494 e. The van der Waals surface area contributed by atoms with E-state index in [-0.39, 0.29) is 11.7 Å². The number of rotatable bonds is 7. The van der Waals surface area contributed by atoms with Gasteiger partial charge in [-0.05, 0) is 86.2 Å². The molecule has 0 unspecified atom stereocenters. The highest BCUT2D eigenvalue weighted by atomic mass is 19.1. The standard InChI is InChI=1S/C26H23FN2O3/c1-3-31-22-13-5-18(6-14-22)17-24-26(30)29(21-11-15-23(16-12-21)32-4-2)25(28-24)19-7-9-20(27)10-8-19/h5-17H,3-4H2,1-2H3/b24-17+. The average molecular weight is 430 g/mol. The van der Waals surface area contributed by atoms with Crippen molar-refractivity contribution in [3.63, 3.8) is 0 Å². The van der Waals surface area contributed by atoms with E-state index in [9.17, 15) is 9.18 Å². The quantitative estimate of drug-likeness (QED) is 0.468. The molecule has 0 radical (unpaired) electrons. The first kappa shape index (κ1) is 21.3. The minimum Gasteiger partial charge on any atom is -0.494 e. The number of ether oxygens (including phenoxy) is 2. The van der Waals surface area contributed by atoms with Crippen LogP contribution in [0.15, 0.2) is 83.5 Å². The SMILES string of the molecule is CCOc1ccc(/C=C2/N=C(c3ccc(F)cc3)N(c3ccc(OCC)cc3)C2=O)cc1. The second kappa shape index (κ2) is 9.47. The predicted molar refractivity (Wildman–Crippen MR) is 124 cm³/mol. The van der Waals surface area contributed by atoms with Crippen LogP contribution in [0.3, 0.4) is 0 Å². The molecule has 0 aliphatic carbocycles. The Labute approximate surface area is 186 Å².